The summed E-state index contributed by atoms with van der Waals surface area (Å²) in [6.07, 6.45) is 3.31. The predicted octanol–water partition coefficient (Wildman–Crippen LogP) is 0.944. The lowest BCUT2D eigenvalue weighted by Gasteiger charge is -2.34. The summed E-state index contributed by atoms with van der Waals surface area (Å²) in [7, 11) is 3.34. The van der Waals surface area contributed by atoms with Crippen molar-refractivity contribution >= 4 is 27.8 Å². The maximum atomic E-state index is 12.5. The third-order valence-corrected chi connectivity index (χ3v) is 4.33. The van der Waals surface area contributed by atoms with Gasteiger partial charge in [-0.3, -0.25) is 9.48 Å². The highest BCUT2D eigenvalue weighted by Gasteiger charge is 2.25. The van der Waals surface area contributed by atoms with Crippen molar-refractivity contribution in [3.63, 3.8) is 0 Å². The molecule has 9 heteroatoms. The zero-order chi connectivity index (χ0) is 16.4. The molecule has 0 aliphatic carbocycles. The Hall–Kier alpha value is -2.16. The number of nitrogens with zero attached hydrogens (tertiary/aromatic N) is 6. The molecular formula is C14H17BrN6O2. The van der Waals surface area contributed by atoms with Gasteiger partial charge in [0.2, 0.25) is 11.8 Å². The molecule has 0 atom stereocenters. The Labute approximate surface area is 142 Å². The minimum atomic E-state index is -0.000968. The lowest BCUT2D eigenvalue weighted by atomic mass is 10.3. The van der Waals surface area contributed by atoms with Gasteiger partial charge in [-0.25, -0.2) is 4.98 Å². The first-order chi connectivity index (χ1) is 11.1. The number of anilines is 1. The summed E-state index contributed by atoms with van der Waals surface area (Å²) in [5, 5.41) is 4.04. The van der Waals surface area contributed by atoms with Crippen LogP contribution in [-0.2, 0) is 7.05 Å². The van der Waals surface area contributed by atoms with E-state index >= 15 is 0 Å². The summed E-state index contributed by atoms with van der Waals surface area (Å²) < 4.78 is 7.51. The van der Waals surface area contributed by atoms with Gasteiger partial charge in [-0.1, -0.05) is 0 Å². The summed E-state index contributed by atoms with van der Waals surface area (Å²) >= 11 is 3.34. The number of hydrogen-bond donors (Lipinski definition) is 0. The van der Waals surface area contributed by atoms with Gasteiger partial charge in [-0.2, -0.15) is 10.1 Å². The van der Waals surface area contributed by atoms with Crippen molar-refractivity contribution in [2.75, 3.05) is 38.2 Å². The number of amides is 1. The number of halogens is 1. The molecule has 0 spiro atoms. The summed E-state index contributed by atoms with van der Waals surface area (Å²) in [5.41, 5.74) is 0.597. The summed E-state index contributed by atoms with van der Waals surface area (Å²) in [4.78, 5) is 25.0. The smallest absolute Gasteiger partial charge is 0.272 e. The van der Waals surface area contributed by atoms with Crippen molar-refractivity contribution in [3.8, 4) is 5.88 Å². The van der Waals surface area contributed by atoms with E-state index < -0.39 is 0 Å². The van der Waals surface area contributed by atoms with E-state index in [1.54, 1.807) is 37.3 Å². The predicted molar refractivity (Wildman–Crippen MR) is 87.6 cm³/mol. The third-order valence-electron chi connectivity index (χ3n) is 3.78. The fourth-order valence-electron chi connectivity index (χ4n) is 2.49. The molecule has 1 aliphatic heterocycles. The van der Waals surface area contributed by atoms with Crippen LogP contribution in [-0.4, -0.2) is 63.8 Å². The van der Waals surface area contributed by atoms with E-state index in [4.69, 9.17) is 4.74 Å². The standard InChI is InChI=1S/C14H17BrN6O2/c1-19-11(3-4-17-19)13(22)20-5-7-21(8-6-20)14-16-9-10(15)12(18-14)23-2/h3-4,9H,5-8H2,1-2H3. The van der Waals surface area contributed by atoms with Gasteiger partial charge < -0.3 is 14.5 Å². The second-order valence-corrected chi connectivity index (χ2v) is 6.00. The Morgan fingerprint density at radius 3 is 2.65 bits per heavy atom. The van der Waals surface area contributed by atoms with Crippen molar-refractivity contribution in [3.05, 3.63) is 28.6 Å². The van der Waals surface area contributed by atoms with Gasteiger partial charge in [-0.15, -0.1) is 0 Å². The average molecular weight is 381 g/mol. The summed E-state index contributed by atoms with van der Waals surface area (Å²) in [5.74, 6) is 1.11. The molecule has 1 saturated heterocycles. The van der Waals surface area contributed by atoms with E-state index in [9.17, 15) is 4.79 Å². The van der Waals surface area contributed by atoms with Crippen LogP contribution >= 0.6 is 15.9 Å². The first-order valence-electron chi connectivity index (χ1n) is 7.19. The van der Waals surface area contributed by atoms with Gasteiger partial charge in [-0.05, 0) is 22.0 Å². The van der Waals surface area contributed by atoms with Gasteiger partial charge in [0.15, 0.2) is 0 Å². The van der Waals surface area contributed by atoms with E-state index in [1.807, 2.05) is 9.80 Å². The van der Waals surface area contributed by atoms with E-state index in [2.05, 4.69) is 31.0 Å². The summed E-state index contributed by atoms with van der Waals surface area (Å²) in [6, 6.07) is 1.73. The molecule has 0 unspecified atom stereocenters. The van der Waals surface area contributed by atoms with Crippen LogP contribution < -0.4 is 9.64 Å². The molecule has 0 N–H and O–H groups in total. The van der Waals surface area contributed by atoms with Gasteiger partial charge in [0.05, 0.1) is 17.8 Å². The van der Waals surface area contributed by atoms with E-state index in [1.165, 1.54) is 0 Å². The molecular weight excluding hydrogens is 364 g/mol. The SMILES string of the molecule is COc1nc(N2CCN(C(=O)c3ccnn3C)CC2)ncc1Br. The lowest BCUT2D eigenvalue weighted by molar-refractivity contribution is 0.0735. The van der Waals surface area contributed by atoms with Crippen molar-refractivity contribution in [2.45, 2.75) is 0 Å². The highest BCUT2D eigenvalue weighted by atomic mass is 79.9. The van der Waals surface area contributed by atoms with Gasteiger partial charge in [0, 0.05) is 39.4 Å². The topological polar surface area (TPSA) is 76.4 Å². The highest BCUT2D eigenvalue weighted by Crippen LogP contribution is 2.24. The minimum absolute atomic E-state index is 0.000968. The number of hydrogen-bond acceptors (Lipinski definition) is 6. The zero-order valence-corrected chi connectivity index (χ0v) is 14.5. The van der Waals surface area contributed by atoms with Crippen LogP contribution in [0.15, 0.2) is 22.9 Å². The maximum Gasteiger partial charge on any atom is 0.272 e. The maximum absolute atomic E-state index is 12.5. The zero-order valence-electron chi connectivity index (χ0n) is 12.9. The van der Waals surface area contributed by atoms with Crippen LogP contribution in [0, 0.1) is 0 Å². The van der Waals surface area contributed by atoms with Gasteiger partial charge in [0.25, 0.3) is 5.91 Å². The highest BCUT2D eigenvalue weighted by molar-refractivity contribution is 9.10. The third kappa shape index (κ3) is 3.14. The van der Waals surface area contributed by atoms with Crippen molar-refractivity contribution in [2.24, 2.45) is 7.05 Å². The Morgan fingerprint density at radius 2 is 2.04 bits per heavy atom. The number of carbonyl (C=O) groups is 1. The molecule has 0 bridgehead atoms. The number of rotatable bonds is 3. The molecule has 3 rings (SSSR count). The largest absolute Gasteiger partial charge is 0.480 e. The Bertz CT molecular complexity index is 711. The van der Waals surface area contributed by atoms with Crippen LogP contribution in [0.1, 0.15) is 10.5 Å². The molecule has 0 saturated carbocycles. The minimum Gasteiger partial charge on any atom is -0.480 e. The van der Waals surface area contributed by atoms with Crippen LogP contribution in [0.25, 0.3) is 0 Å². The van der Waals surface area contributed by atoms with Crippen molar-refractivity contribution < 1.29 is 9.53 Å². The van der Waals surface area contributed by atoms with Gasteiger partial charge in [0.1, 0.15) is 5.69 Å². The van der Waals surface area contributed by atoms with Crippen molar-refractivity contribution in [1.29, 1.82) is 0 Å². The lowest BCUT2D eigenvalue weighted by Crippen LogP contribution is -2.49. The molecule has 0 aromatic carbocycles. The summed E-state index contributed by atoms with van der Waals surface area (Å²) in [6.45, 7) is 2.58. The molecule has 122 valence electrons. The molecule has 23 heavy (non-hydrogen) atoms. The Morgan fingerprint density at radius 1 is 1.30 bits per heavy atom. The number of carbonyl (C=O) groups excluding carboxylic acids is 1. The molecule has 1 aliphatic rings. The molecule has 0 radical (unpaired) electrons. The quantitative estimate of drug-likeness (QED) is 0.788. The molecule has 2 aromatic heterocycles. The Kier molecular flexibility index (Phi) is 4.46. The molecule has 8 nitrogen and oxygen atoms in total. The first-order valence-corrected chi connectivity index (χ1v) is 7.98. The average Bonchev–Trinajstić information content (AvgIpc) is 3.01. The number of ether oxygens (including phenoxy) is 1. The number of aryl methyl sites for hydroxylation is 1. The number of methoxy groups -OCH3 is 1. The second-order valence-electron chi connectivity index (χ2n) is 5.15. The van der Waals surface area contributed by atoms with E-state index in [0.717, 1.165) is 0 Å². The fourth-order valence-corrected chi connectivity index (χ4v) is 2.85. The molecule has 2 aromatic rings. The molecule has 3 heterocycles. The monoisotopic (exact) mass is 380 g/mol. The number of piperazine rings is 1. The first kappa shape index (κ1) is 15.7. The molecule has 1 amide bonds. The van der Waals surface area contributed by atoms with Crippen LogP contribution in [0.4, 0.5) is 5.95 Å². The van der Waals surface area contributed by atoms with E-state index in [-0.39, 0.29) is 5.91 Å². The normalized spacial score (nSPS) is 14.9. The Balaban J connectivity index is 1.67. The van der Waals surface area contributed by atoms with E-state index in [0.29, 0.717) is 48.2 Å². The van der Waals surface area contributed by atoms with Crippen LogP contribution in [0.5, 0.6) is 5.88 Å². The van der Waals surface area contributed by atoms with Gasteiger partial charge >= 0.3 is 0 Å². The second kappa shape index (κ2) is 6.53. The van der Waals surface area contributed by atoms with Crippen LogP contribution in [0.2, 0.25) is 0 Å². The fraction of sp³-hybridized carbons (Fsp3) is 0.429. The number of aromatic nitrogens is 4. The van der Waals surface area contributed by atoms with Crippen molar-refractivity contribution in [1.82, 2.24) is 24.6 Å². The molecule has 1 fully saturated rings. The van der Waals surface area contributed by atoms with Crippen LogP contribution in [0.3, 0.4) is 0 Å².